The van der Waals surface area contributed by atoms with Crippen molar-refractivity contribution in [2.45, 2.75) is 6.92 Å². The molecule has 0 atom stereocenters. The molecular weight excluding hydrogens is 199 g/mol. The molecule has 0 amide bonds. The highest BCUT2D eigenvalue weighted by Gasteiger charge is 2.13. The zero-order valence-corrected chi connectivity index (χ0v) is 8.08. The summed E-state index contributed by atoms with van der Waals surface area (Å²) in [6, 6.07) is 1.26. The van der Waals surface area contributed by atoms with Crippen LogP contribution in [0.25, 0.3) is 11.0 Å². The van der Waals surface area contributed by atoms with Crippen LogP contribution >= 0.6 is 0 Å². The van der Waals surface area contributed by atoms with E-state index in [4.69, 9.17) is 4.74 Å². The molecular formula is C10H9FN2O2. The summed E-state index contributed by atoms with van der Waals surface area (Å²) in [6.45, 7) is 2.00. The van der Waals surface area contributed by atoms with Crippen LogP contribution in [0.15, 0.2) is 18.5 Å². The molecule has 15 heavy (non-hydrogen) atoms. The second-order valence-corrected chi connectivity index (χ2v) is 2.97. The van der Waals surface area contributed by atoms with Crippen LogP contribution in [-0.4, -0.2) is 22.5 Å². The predicted octanol–water partition coefficient (Wildman–Crippen LogP) is 1.88. The summed E-state index contributed by atoms with van der Waals surface area (Å²) in [5.41, 5.74) is 0.776. The smallest absolute Gasteiger partial charge is 0.340 e. The van der Waals surface area contributed by atoms with Gasteiger partial charge in [-0.3, -0.25) is 0 Å². The minimum atomic E-state index is -0.479. The maximum atomic E-state index is 12.9. The Balaban J connectivity index is 2.52. The maximum absolute atomic E-state index is 12.9. The number of fused-ring (bicyclic) bond motifs is 1. The summed E-state index contributed by atoms with van der Waals surface area (Å²) >= 11 is 0. The number of pyridine rings is 1. The Morgan fingerprint density at radius 3 is 3.20 bits per heavy atom. The van der Waals surface area contributed by atoms with Crippen LogP contribution in [0.2, 0.25) is 0 Å². The molecule has 2 aromatic rings. The number of nitrogens with zero attached hydrogens (tertiary/aromatic N) is 1. The van der Waals surface area contributed by atoms with Gasteiger partial charge in [-0.25, -0.2) is 14.2 Å². The fourth-order valence-electron chi connectivity index (χ4n) is 1.36. The summed E-state index contributed by atoms with van der Waals surface area (Å²) in [5.74, 6) is -0.955. The third kappa shape index (κ3) is 1.68. The Bertz CT molecular complexity index is 507. The first-order valence-electron chi connectivity index (χ1n) is 4.52. The van der Waals surface area contributed by atoms with Gasteiger partial charge in [-0.2, -0.15) is 0 Å². The standard InChI is InChI=1S/C10H9FN2O2/c1-2-15-10(14)8-5-13-9-7(8)3-6(11)4-12-9/h3-5H,2H2,1H3,(H,12,13). The fraction of sp³-hybridized carbons (Fsp3) is 0.200. The molecule has 0 spiro atoms. The number of esters is 1. The van der Waals surface area contributed by atoms with Crippen molar-refractivity contribution in [1.82, 2.24) is 9.97 Å². The lowest BCUT2D eigenvalue weighted by Crippen LogP contribution is -2.03. The quantitative estimate of drug-likeness (QED) is 0.766. The number of aromatic nitrogens is 2. The molecule has 0 aromatic carbocycles. The molecule has 0 aliphatic heterocycles. The van der Waals surface area contributed by atoms with Gasteiger partial charge in [-0.15, -0.1) is 0 Å². The van der Waals surface area contributed by atoms with Crippen LogP contribution in [0.5, 0.6) is 0 Å². The van der Waals surface area contributed by atoms with Gasteiger partial charge in [0.05, 0.1) is 18.4 Å². The van der Waals surface area contributed by atoms with E-state index in [2.05, 4.69) is 9.97 Å². The van der Waals surface area contributed by atoms with Gasteiger partial charge in [-0.05, 0) is 13.0 Å². The second-order valence-electron chi connectivity index (χ2n) is 2.97. The van der Waals surface area contributed by atoms with E-state index < -0.39 is 11.8 Å². The van der Waals surface area contributed by atoms with Gasteiger partial charge in [0, 0.05) is 11.6 Å². The van der Waals surface area contributed by atoms with E-state index in [-0.39, 0.29) is 6.61 Å². The first-order valence-corrected chi connectivity index (χ1v) is 4.52. The van der Waals surface area contributed by atoms with E-state index >= 15 is 0 Å². The number of ether oxygens (including phenoxy) is 1. The van der Waals surface area contributed by atoms with E-state index in [0.29, 0.717) is 16.6 Å². The van der Waals surface area contributed by atoms with Crippen molar-refractivity contribution >= 4 is 17.0 Å². The van der Waals surface area contributed by atoms with Crippen LogP contribution in [0.1, 0.15) is 17.3 Å². The average molecular weight is 208 g/mol. The van der Waals surface area contributed by atoms with E-state index in [1.165, 1.54) is 12.3 Å². The topological polar surface area (TPSA) is 55.0 Å². The number of rotatable bonds is 2. The zero-order valence-electron chi connectivity index (χ0n) is 8.08. The molecule has 0 saturated carbocycles. The Kier molecular flexibility index (Phi) is 2.37. The summed E-state index contributed by atoms with van der Waals surface area (Å²) in [7, 11) is 0. The number of hydrogen-bond acceptors (Lipinski definition) is 3. The van der Waals surface area contributed by atoms with Gasteiger partial charge in [0.15, 0.2) is 0 Å². The van der Waals surface area contributed by atoms with Crippen molar-refractivity contribution in [2.75, 3.05) is 6.61 Å². The minimum Gasteiger partial charge on any atom is -0.462 e. The molecule has 0 fully saturated rings. The molecule has 0 radical (unpaired) electrons. The van der Waals surface area contributed by atoms with Crippen LogP contribution < -0.4 is 0 Å². The average Bonchev–Trinajstić information content (AvgIpc) is 2.60. The predicted molar refractivity (Wildman–Crippen MR) is 52.0 cm³/mol. The third-order valence-corrected chi connectivity index (χ3v) is 1.99. The molecule has 0 saturated heterocycles. The van der Waals surface area contributed by atoms with E-state index in [0.717, 1.165) is 6.20 Å². The van der Waals surface area contributed by atoms with E-state index in [9.17, 15) is 9.18 Å². The SMILES string of the molecule is CCOC(=O)c1c[nH]c2ncc(F)cc12. The van der Waals surface area contributed by atoms with Gasteiger partial charge in [0.25, 0.3) is 0 Å². The minimum absolute atomic E-state index is 0.286. The van der Waals surface area contributed by atoms with Gasteiger partial charge in [-0.1, -0.05) is 0 Å². The summed E-state index contributed by atoms with van der Waals surface area (Å²) in [5, 5.41) is 0.438. The van der Waals surface area contributed by atoms with Crippen molar-refractivity contribution in [1.29, 1.82) is 0 Å². The zero-order chi connectivity index (χ0) is 10.8. The number of aromatic amines is 1. The monoisotopic (exact) mass is 208 g/mol. The van der Waals surface area contributed by atoms with Crippen molar-refractivity contribution < 1.29 is 13.9 Å². The molecule has 4 nitrogen and oxygen atoms in total. The largest absolute Gasteiger partial charge is 0.462 e. The first-order chi connectivity index (χ1) is 7.22. The Morgan fingerprint density at radius 2 is 2.47 bits per heavy atom. The van der Waals surface area contributed by atoms with Crippen LogP contribution in [0.3, 0.4) is 0 Å². The number of halogens is 1. The summed E-state index contributed by atoms with van der Waals surface area (Å²) in [4.78, 5) is 18.0. The van der Waals surface area contributed by atoms with Gasteiger partial charge in [0.2, 0.25) is 0 Å². The lowest BCUT2D eigenvalue weighted by atomic mass is 10.2. The normalized spacial score (nSPS) is 10.5. The Hall–Kier alpha value is -1.91. The highest BCUT2D eigenvalue weighted by molar-refractivity contribution is 6.02. The molecule has 1 N–H and O–H groups in total. The van der Waals surface area contributed by atoms with Crippen LogP contribution in [0, 0.1) is 5.82 Å². The summed E-state index contributed by atoms with van der Waals surface area (Å²) in [6.07, 6.45) is 2.56. The lowest BCUT2D eigenvalue weighted by Gasteiger charge is -1.98. The van der Waals surface area contributed by atoms with Gasteiger partial charge < -0.3 is 9.72 Å². The van der Waals surface area contributed by atoms with Gasteiger partial charge >= 0.3 is 5.97 Å². The van der Waals surface area contributed by atoms with Gasteiger partial charge in [0.1, 0.15) is 11.5 Å². The highest BCUT2D eigenvalue weighted by atomic mass is 19.1. The molecule has 0 aliphatic rings. The number of carbonyl (C=O) groups is 1. The number of H-pyrrole nitrogens is 1. The molecule has 2 rings (SSSR count). The summed E-state index contributed by atoms with van der Waals surface area (Å²) < 4.78 is 17.7. The number of carbonyl (C=O) groups excluding carboxylic acids is 1. The maximum Gasteiger partial charge on any atom is 0.340 e. The first kappa shape index (κ1) is 9.64. The molecule has 0 unspecified atom stereocenters. The molecule has 2 heterocycles. The lowest BCUT2D eigenvalue weighted by molar-refractivity contribution is 0.0529. The Labute approximate surface area is 85.1 Å². The van der Waals surface area contributed by atoms with Crippen molar-refractivity contribution in [2.24, 2.45) is 0 Å². The number of nitrogens with one attached hydrogen (secondary N) is 1. The molecule has 2 aromatic heterocycles. The van der Waals surface area contributed by atoms with Crippen molar-refractivity contribution in [3.63, 3.8) is 0 Å². The van der Waals surface area contributed by atoms with Crippen molar-refractivity contribution in [3.05, 3.63) is 29.8 Å². The van der Waals surface area contributed by atoms with Crippen LogP contribution in [0.4, 0.5) is 4.39 Å². The molecule has 5 heteroatoms. The fourth-order valence-corrected chi connectivity index (χ4v) is 1.36. The number of hydrogen-bond donors (Lipinski definition) is 1. The van der Waals surface area contributed by atoms with Crippen LogP contribution in [-0.2, 0) is 4.74 Å². The molecule has 0 bridgehead atoms. The van der Waals surface area contributed by atoms with Crippen molar-refractivity contribution in [3.8, 4) is 0 Å². The Morgan fingerprint density at radius 1 is 1.67 bits per heavy atom. The van der Waals surface area contributed by atoms with E-state index in [1.807, 2.05) is 0 Å². The third-order valence-electron chi connectivity index (χ3n) is 1.99. The second kappa shape index (κ2) is 3.68. The van der Waals surface area contributed by atoms with E-state index in [1.54, 1.807) is 6.92 Å². The molecule has 78 valence electrons. The molecule has 0 aliphatic carbocycles. The highest BCUT2D eigenvalue weighted by Crippen LogP contribution is 2.17.